The normalized spacial score (nSPS) is 17.2. The van der Waals surface area contributed by atoms with Crippen molar-refractivity contribution in [1.29, 1.82) is 0 Å². The second-order valence-corrected chi connectivity index (χ2v) is 8.79. The molecule has 1 aromatic heterocycles. The minimum Gasteiger partial charge on any atom is -0.361 e. The van der Waals surface area contributed by atoms with Crippen LogP contribution < -0.4 is 0 Å². The van der Waals surface area contributed by atoms with Crippen LogP contribution in [0.25, 0.3) is 22.0 Å². The van der Waals surface area contributed by atoms with Crippen LogP contribution >= 0.6 is 0 Å². The van der Waals surface area contributed by atoms with Gasteiger partial charge in [-0.05, 0) is 47.6 Å². The first-order chi connectivity index (χ1) is 12.0. The van der Waals surface area contributed by atoms with Crippen molar-refractivity contribution in [3.05, 3.63) is 60.3 Å². The van der Waals surface area contributed by atoms with Gasteiger partial charge in [0, 0.05) is 30.2 Å². The molecule has 0 bridgehead atoms. The second kappa shape index (κ2) is 6.32. The Morgan fingerprint density at radius 3 is 2.40 bits per heavy atom. The van der Waals surface area contributed by atoms with Gasteiger partial charge in [0.25, 0.3) is 0 Å². The first kappa shape index (κ1) is 16.4. The van der Waals surface area contributed by atoms with Gasteiger partial charge in [-0.3, -0.25) is 0 Å². The third-order valence-electron chi connectivity index (χ3n) is 5.17. The molecule has 0 atom stereocenters. The molecule has 1 aliphatic rings. The van der Waals surface area contributed by atoms with Gasteiger partial charge < -0.3 is 4.98 Å². The zero-order chi connectivity index (χ0) is 17.4. The number of benzene rings is 2. The van der Waals surface area contributed by atoms with Gasteiger partial charge >= 0.3 is 0 Å². The highest BCUT2D eigenvalue weighted by atomic mass is 32.2. The van der Waals surface area contributed by atoms with Crippen molar-refractivity contribution >= 4 is 20.9 Å². The summed E-state index contributed by atoms with van der Waals surface area (Å²) < 4.78 is 25.1. The molecule has 25 heavy (non-hydrogen) atoms. The fourth-order valence-electron chi connectivity index (χ4n) is 3.83. The number of fused-ring (bicyclic) bond motifs is 1. The molecule has 0 radical (unpaired) electrons. The molecule has 0 aliphatic carbocycles. The summed E-state index contributed by atoms with van der Waals surface area (Å²) in [5, 5.41) is 1.25. The van der Waals surface area contributed by atoms with Crippen molar-refractivity contribution in [1.82, 2.24) is 9.29 Å². The van der Waals surface area contributed by atoms with Crippen LogP contribution in [0.2, 0.25) is 0 Å². The van der Waals surface area contributed by atoms with Crippen molar-refractivity contribution in [3.8, 4) is 11.1 Å². The Balaban J connectivity index is 1.71. The number of sulfonamides is 1. The maximum absolute atomic E-state index is 11.8. The average molecular weight is 354 g/mol. The van der Waals surface area contributed by atoms with E-state index in [2.05, 4.69) is 47.4 Å². The number of hydrogen-bond donors (Lipinski definition) is 1. The summed E-state index contributed by atoms with van der Waals surface area (Å²) in [6.45, 7) is 1.20. The largest absolute Gasteiger partial charge is 0.361 e. The van der Waals surface area contributed by atoms with Crippen molar-refractivity contribution in [2.45, 2.75) is 18.8 Å². The highest BCUT2D eigenvalue weighted by molar-refractivity contribution is 7.88. The molecular weight excluding hydrogens is 332 g/mol. The van der Waals surface area contributed by atoms with Gasteiger partial charge in [0.1, 0.15) is 0 Å². The summed E-state index contributed by atoms with van der Waals surface area (Å²) >= 11 is 0. The lowest BCUT2D eigenvalue weighted by molar-refractivity contribution is 0.322. The molecule has 130 valence electrons. The average Bonchev–Trinajstić information content (AvgIpc) is 3.09. The Kier molecular flexibility index (Phi) is 4.13. The summed E-state index contributed by atoms with van der Waals surface area (Å²) in [7, 11) is -3.09. The molecule has 4 nitrogen and oxygen atoms in total. The van der Waals surface area contributed by atoms with E-state index in [4.69, 9.17) is 0 Å². The third kappa shape index (κ3) is 3.22. The highest BCUT2D eigenvalue weighted by Crippen LogP contribution is 2.36. The van der Waals surface area contributed by atoms with E-state index < -0.39 is 10.0 Å². The SMILES string of the molecule is CS(=O)(=O)N1CCC(c2cc(-c3ccccc3)cc3[nH]ccc23)CC1. The summed E-state index contributed by atoms with van der Waals surface area (Å²) in [6, 6.07) is 17.0. The number of H-pyrrole nitrogens is 1. The van der Waals surface area contributed by atoms with Gasteiger partial charge in [-0.15, -0.1) is 0 Å². The maximum Gasteiger partial charge on any atom is 0.211 e. The standard InChI is InChI=1S/C20H22N2O2S/c1-25(23,24)22-11-8-16(9-12-22)19-13-17(15-5-3-2-4-6-15)14-20-18(19)7-10-21-20/h2-7,10,13-14,16,21H,8-9,11-12H2,1H3. The molecule has 0 saturated carbocycles. The molecule has 5 heteroatoms. The summed E-state index contributed by atoms with van der Waals surface area (Å²) in [5.41, 5.74) is 4.87. The number of aromatic amines is 1. The number of hydrogen-bond acceptors (Lipinski definition) is 2. The van der Waals surface area contributed by atoms with Crippen molar-refractivity contribution in [3.63, 3.8) is 0 Å². The van der Waals surface area contributed by atoms with E-state index in [1.54, 1.807) is 4.31 Å². The molecule has 0 unspecified atom stereocenters. The lowest BCUT2D eigenvalue weighted by atomic mass is 9.86. The number of nitrogens with zero attached hydrogens (tertiary/aromatic N) is 1. The summed E-state index contributed by atoms with van der Waals surface area (Å²) in [5.74, 6) is 0.389. The number of aromatic nitrogens is 1. The van der Waals surface area contributed by atoms with E-state index in [-0.39, 0.29) is 0 Å². The summed E-state index contributed by atoms with van der Waals surface area (Å²) in [4.78, 5) is 3.34. The Hall–Kier alpha value is -2.11. The first-order valence-corrected chi connectivity index (χ1v) is 10.5. The minimum atomic E-state index is -3.09. The quantitative estimate of drug-likeness (QED) is 0.774. The molecule has 1 aliphatic heterocycles. The van der Waals surface area contributed by atoms with Crippen LogP contribution in [0.5, 0.6) is 0 Å². The van der Waals surface area contributed by atoms with Crippen molar-refractivity contribution < 1.29 is 8.42 Å². The lowest BCUT2D eigenvalue weighted by Gasteiger charge is -2.31. The van der Waals surface area contributed by atoms with Crippen LogP contribution in [0.3, 0.4) is 0 Å². The minimum absolute atomic E-state index is 0.389. The number of piperidine rings is 1. The van der Waals surface area contributed by atoms with Crippen LogP contribution in [0.15, 0.2) is 54.7 Å². The third-order valence-corrected chi connectivity index (χ3v) is 6.47. The van der Waals surface area contributed by atoms with Crippen LogP contribution in [-0.2, 0) is 10.0 Å². The molecule has 1 saturated heterocycles. The second-order valence-electron chi connectivity index (χ2n) is 6.81. The van der Waals surface area contributed by atoms with E-state index >= 15 is 0 Å². The molecule has 0 amide bonds. The zero-order valence-corrected chi connectivity index (χ0v) is 15.1. The number of rotatable bonds is 3. The fourth-order valence-corrected chi connectivity index (χ4v) is 4.70. The van der Waals surface area contributed by atoms with Crippen LogP contribution in [0, 0.1) is 0 Å². The smallest absolute Gasteiger partial charge is 0.211 e. The molecule has 2 heterocycles. The Morgan fingerprint density at radius 2 is 1.72 bits per heavy atom. The molecule has 1 fully saturated rings. The van der Waals surface area contributed by atoms with Gasteiger partial charge in [0.15, 0.2) is 0 Å². The fraction of sp³-hybridized carbons (Fsp3) is 0.300. The maximum atomic E-state index is 11.8. The topological polar surface area (TPSA) is 53.2 Å². The Bertz CT molecular complexity index is 985. The van der Waals surface area contributed by atoms with E-state index in [9.17, 15) is 8.42 Å². The van der Waals surface area contributed by atoms with Crippen molar-refractivity contribution in [2.24, 2.45) is 0 Å². The molecule has 4 rings (SSSR count). The van der Waals surface area contributed by atoms with E-state index in [0.29, 0.717) is 19.0 Å². The Morgan fingerprint density at radius 1 is 1.00 bits per heavy atom. The van der Waals surface area contributed by atoms with Crippen LogP contribution in [0.4, 0.5) is 0 Å². The monoisotopic (exact) mass is 354 g/mol. The van der Waals surface area contributed by atoms with Gasteiger partial charge in [-0.2, -0.15) is 0 Å². The predicted octanol–water partition coefficient (Wildman–Crippen LogP) is 3.97. The summed E-state index contributed by atoms with van der Waals surface area (Å²) in [6.07, 6.45) is 5.01. The van der Waals surface area contributed by atoms with E-state index in [0.717, 1.165) is 18.4 Å². The van der Waals surface area contributed by atoms with Gasteiger partial charge in [-0.25, -0.2) is 12.7 Å². The number of nitrogens with one attached hydrogen (secondary N) is 1. The molecule has 0 spiro atoms. The molecular formula is C20H22N2O2S. The molecule has 1 N–H and O–H groups in total. The van der Waals surface area contributed by atoms with E-state index in [1.807, 2.05) is 12.3 Å². The predicted molar refractivity (Wildman–Crippen MR) is 102 cm³/mol. The van der Waals surface area contributed by atoms with Gasteiger partial charge in [0.2, 0.25) is 10.0 Å². The Labute approximate surface area is 148 Å². The van der Waals surface area contributed by atoms with Crippen LogP contribution in [-0.4, -0.2) is 37.1 Å². The van der Waals surface area contributed by atoms with Crippen molar-refractivity contribution in [2.75, 3.05) is 19.3 Å². The molecule has 3 aromatic rings. The zero-order valence-electron chi connectivity index (χ0n) is 14.3. The molecule has 2 aromatic carbocycles. The van der Waals surface area contributed by atoms with Gasteiger partial charge in [0.05, 0.1) is 6.26 Å². The lowest BCUT2D eigenvalue weighted by Crippen LogP contribution is -2.37. The van der Waals surface area contributed by atoms with Crippen LogP contribution in [0.1, 0.15) is 24.3 Å². The van der Waals surface area contributed by atoms with Gasteiger partial charge in [-0.1, -0.05) is 36.4 Å². The first-order valence-electron chi connectivity index (χ1n) is 8.64. The highest BCUT2D eigenvalue weighted by Gasteiger charge is 2.27. The van der Waals surface area contributed by atoms with E-state index in [1.165, 1.54) is 28.3 Å².